The Balaban J connectivity index is 1.90. The molecule has 106 valence electrons. The fraction of sp³-hybridized carbons (Fsp3) is 0.250. The summed E-state index contributed by atoms with van der Waals surface area (Å²) in [6.45, 7) is 0.241. The number of rotatable bonds is 5. The van der Waals surface area contributed by atoms with Crippen LogP contribution in [0.25, 0.3) is 0 Å². The van der Waals surface area contributed by atoms with Gasteiger partial charge in [0.1, 0.15) is 13.2 Å². The van der Waals surface area contributed by atoms with Crippen molar-refractivity contribution >= 4 is 47.1 Å². The minimum Gasteiger partial charge on any atom is -0.466 e. The standard InChI is InChI=1S/C8H6N4O4S4/c13-3-9-5(19-7(17)11-3)15-1-2-16-6-10-4(14)12-8(18)20-6/h1-2H2,(H,11,13,17)(H,12,14,18). The van der Waals surface area contributed by atoms with Crippen molar-refractivity contribution in [2.45, 2.75) is 0 Å². The van der Waals surface area contributed by atoms with Gasteiger partial charge in [-0.2, -0.15) is 0 Å². The Bertz CT molecular complexity index is 696. The number of hydrogen-bond donors (Lipinski definition) is 2. The Hall–Kier alpha value is -1.50. The summed E-state index contributed by atoms with van der Waals surface area (Å²) in [4.78, 5) is 33.9. The second kappa shape index (κ2) is 6.78. The summed E-state index contributed by atoms with van der Waals surface area (Å²) >= 11 is 11.7. The molecular weight excluding hydrogens is 344 g/mol. The van der Waals surface area contributed by atoms with Crippen LogP contribution in [0.1, 0.15) is 0 Å². The van der Waals surface area contributed by atoms with E-state index >= 15 is 0 Å². The first-order chi connectivity index (χ1) is 9.52. The van der Waals surface area contributed by atoms with Crippen molar-refractivity contribution in [2.75, 3.05) is 13.2 Å². The van der Waals surface area contributed by atoms with Gasteiger partial charge in [-0.15, -0.1) is 9.97 Å². The Morgan fingerprint density at radius 2 is 1.30 bits per heavy atom. The van der Waals surface area contributed by atoms with Gasteiger partial charge < -0.3 is 9.47 Å². The van der Waals surface area contributed by atoms with Crippen molar-refractivity contribution in [3.05, 3.63) is 28.9 Å². The van der Waals surface area contributed by atoms with Crippen molar-refractivity contribution < 1.29 is 9.47 Å². The smallest absolute Gasteiger partial charge is 0.350 e. The van der Waals surface area contributed by atoms with Gasteiger partial charge in [-0.05, 0) is 47.1 Å². The predicted octanol–water partition coefficient (Wildman–Crippen LogP) is 0.893. The van der Waals surface area contributed by atoms with E-state index in [1.807, 2.05) is 0 Å². The van der Waals surface area contributed by atoms with Crippen LogP contribution in [0.2, 0.25) is 0 Å². The lowest BCUT2D eigenvalue weighted by Gasteiger charge is -2.04. The number of aromatic nitrogens is 4. The summed E-state index contributed by atoms with van der Waals surface area (Å²) in [6.07, 6.45) is 0. The highest BCUT2D eigenvalue weighted by molar-refractivity contribution is 7.73. The van der Waals surface area contributed by atoms with E-state index in [0.717, 1.165) is 22.7 Å². The molecule has 0 unspecified atom stereocenters. The molecule has 0 saturated carbocycles. The van der Waals surface area contributed by atoms with Gasteiger partial charge in [0.25, 0.3) is 10.4 Å². The molecule has 0 aliphatic rings. The van der Waals surface area contributed by atoms with Gasteiger partial charge in [-0.1, -0.05) is 0 Å². The zero-order chi connectivity index (χ0) is 14.5. The highest BCUT2D eigenvalue weighted by Gasteiger charge is 2.01. The van der Waals surface area contributed by atoms with Crippen molar-refractivity contribution in [3.8, 4) is 10.4 Å². The summed E-state index contributed by atoms with van der Waals surface area (Å²) in [5.41, 5.74) is -1.14. The maximum atomic E-state index is 11.0. The third-order valence-corrected chi connectivity index (χ3v) is 3.74. The van der Waals surface area contributed by atoms with Gasteiger partial charge in [0.15, 0.2) is 7.91 Å². The lowest BCUT2D eigenvalue weighted by atomic mass is 10.8. The maximum absolute atomic E-state index is 11.0. The first-order valence-corrected chi connectivity index (χ1v) is 7.46. The zero-order valence-corrected chi connectivity index (χ0v) is 12.8. The van der Waals surface area contributed by atoms with Crippen LogP contribution in [0.5, 0.6) is 10.4 Å². The second-order valence-corrected chi connectivity index (χ2v) is 6.35. The largest absolute Gasteiger partial charge is 0.466 e. The molecule has 0 bridgehead atoms. The van der Waals surface area contributed by atoms with E-state index in [-0.39, 0.29) is 31.5 Å². The molecule has 0 atom stereocenters. The third-order valence-electron chi connectivity index (χ3n) is 1.70. The highest BCUT2D eigenvalue weighted by atomic mass is 32.2. The van der Waals surface area contributed by atoms with Gasteiger partial charge in [0.05, 0.1) is 0 Å². The molecule has 0 saturated heterocycles. The van der Waals surface area contributed by atoms with Crippen molar-refractivity contribution in [2.24, 2.45) is 0 Å². The number of ether oxygens (including phenoxy) is 2. The van der Waals surface area contributed by atoms with Crippen molar-refractivity contribution in [1.29, 1.82) is 0 Å². The van der Waals surface area contributed by atoms with Crippen LogP contribution in [-0.4, -0.2) is 33.1 Å². The van der Waals surface area contributed by atoms with Crippen molar-refractivity contribution in [3.63, 3.8) is 0 Å². The monoisotopic (exact) mass is 350 g/mol. The third kappa shape index (κ3) is 4.56. The Kier molecular flexibility index (Phi) is 5.05. The van der Waals surface area contributed by atoms with E-state index in [1.165, 1.54) is 0 Å². The molecule has 0 aliphatic heterocycles. The molecule has 0 amide bonds. The average Bonchev–Trinajstić information content (AvgIpc) is 2.32. The molecular formula is C8H6N4O4S4. The van der Waals surface area contributed by atoms with Crippen LogP contribution in [-0.2, 0) is 0 Å². The SMILES string of the molecule is O=c1nc(OCCOc2nc(=O)[nH]c(=S)s2)sc(=S)[nH]1. The summed E-state index contributed by atoms with van der Waals surface area (Å²) in [5.74, 6) is 0. The highest BCUT2D eigenvalue weighted by Crippen LogP contribution is 2.12. The molecule has 0 radical (unpaired) electrons. The van der Waals surface area contributed by atoms with E-state index in [9.17, 15) is 9.59 Å². The van der Waals surface area contributed by atoms with Gasteiger partial charge >= 0.3 is 11.4 Å². The first-order valence-electron chi connectivity index (χ1n) is 5.01. The number of hydrogen-bond acceptors (Lipinski definition) is 10. The fourth-order valence-corrected chi connectivity index (χ4v) is 2.77. The topological polar surface area (TPSA) is 110 Å². The second-order valence-electron chi connectivity index (χ2n) is 3.09. The molecule has 0 aromatic carbocycles. The lowest BCUT2D eigenvalue weighted by Crippen LogP contribution is -2.15. The van der Waals surface area contributed by atoms with E-state index in [2.05, 4.69) is 19.9 Å². The Labute approximate surface area is 129 Å². The van der Waals surface area contributed by atoms with E-state index < -0.39 is 11.4 Å². The molecule has 0 aliphatic carbocycles. The number of nitrogens with one attached hydrogen (secondary N) is 2. The Morgan fingerprint density at radius 1 is 0.900 bits per heavy atom. The van der Waals surface area contributed by atoms with Gasteiger partial charge in [0.2, 0.25) is 0 Å². The molecule has 20 heavy (non-hydrogen) atoms. The first kappa shape index (κ1) is 14.9. The number of nitrogens with zero attached hydrogens (tertiary/aromatic N) is 2. The Morgan fingerprint density at radius 3 is 1.65 bits per heavy atom. The molecule has 2 aromatic rings. The van der Waals surface area contributed by atoms with Crippen LogP contribution in [0.4, 0.5) is 0 Å². The van der Waals surface area contributed by atoms with E-state index in [0.29, 0.717) is 0 Å². The maximum Gasteiger partial charge on any atom is 0.350 e. The minimum absolute atomic E-state index is 0.121. The van der Waals surface area contributed by atoms with E-state index in [1.54, 1.807) is 0 Å². The molecule has 0 spiro atoms. The normalized spacial score (nSPS) is 10.2. The molecule has 0 fully saturated rings. The van der Waals surface area contributed by atoms with Gasteiger partial charge in [0, 0.05) is 0 Å². The fourth-order valence-electron chi connectivity index (χ4n) is 1.03. The van der Waals surface area contributed by atoms with Crippen LogP contribution >= 0.6 is 47.1 Å². The molecule has 2 rings (SSSR count). The minimum atomic E-state index is -0.570. The lowest BCUT2D eigenvalue weighted by molar-refractivity contribution is 0.214. The molecule has 2 N–H and O–H groups in total. The van der Waals surface area contributed by atoms with Crippen LogP contribution in [0.15, 0.2) is 9.59 Å². The molecule has 8 nitrogen and oxygen atoms in total. The zero-order valence-electron chi connectivity index (χ0n) is 9.57. The summed E-state index contributed by atoms with van der Waals surface area (Å²) in [7, 11) is 0. The molecule has 12 heteroatoms. The van der Waals surface area contributed by atoms with Crippen molar-refractivity contribution in [1.82, 2.24) is 19.9 Å². The summed E-state index contributed by atoms with van der Waals surface area (Å²) in [6, 6.07) is 0. The van der Waals surface area contributed by atoms with Crippen LogP contribution in [0.3, 0.4) is 0 Å². The molecule has 2 aromatic heterocycles. The van der Waals surface area contributed by atoms with Gasteiger partial charge in [-0.3, -0.25) is 9.97 Å². The summed E-state index contributed by atoms with van der Waals surface area (Å²) < 4.78 is 11.0. The number of H-pyrrole nitrogens is 2. The summed E-state index contributed by atoms with van der Waals surface area (Å²) in [5, 5.41) is 0.294. The van der Waals surface area contributed by atoms with Gasteiger partial charge in [-0.25, -0.2) is 9.59 Å². The van der Waals surface area contributed by atoms with Crippen LogP contribution < -0.4 is 20.9 Å². The molecule has 2 heterocycles. The predicted molar refractivity (Wildman–Crippen MR) is 78.1 cm³/mol. The quantitative estimate of drug-likeness (QED) is 0.604. The van der Waals surface area contributed by atoms with Crippen LogP contribution in [0, 0.1) is 7.91 Å². The van der Waals surface area contributed by atoms with E-state index in [4.69, 9.17) is 33.9 Å². The average molecular weight is 350 g/mol. The number of aromatic amines is 2.